The number of aromatic nitrogens is 2. The number of nitrogens with zero attached hydrogens (tertiary/aromatic N) is 2. The van der Waals surface area contributed by atoms with Crippen molar-refractivity contribution in [1.82, 2.24) is 9.97 Å². The van der Waals surface area contributed by atoms with Crippen LogP contribution in [0.2, 0.25) is 0 Å². The lowest BCUT2D eigenvalue weighted by molar-refractivity contribution is -0.391. The van der Waals surface area contributed by atoms with E-state index in [1.54, 1.807) is 37.6 Å². The van der Waals surface area contributed by atoms with Crippen LogP contribution in [-0.4, -0.2) is 29.3 Å². The minimum atomic E-state index is -4.79. The molecule has 2 heterocycles. The van der Waals surface area contributed by atoms with Crippen LogP contribution in [0.1, 0.15) is 0 Å². The van der Waals surface area contributed by atoms with Crippen molar-refractivity contribution in [3.05, 3.63) is 54.9 Å². The van der Waals surface area contributed by atoms with Gasteiger partial charge in [0, 0.05) is 17.3 Å². The van der Waals surface area contributed by atoms with Crippen LogP contribution < -0.4 is 19.5 Å². The number of ether oxygens (including phenoxy) is 3. The van der Waals surface area contributed by atoms with E-state index in [4.69, 9.17) is 4.74 Å². The van der Waals surface area contributed by atoms with Crippen LogP contribution in [0.3, 0.4) is 0 Å². The number of halogens is 4. The van der Waals surface area contributed by atoms with Crippen molar-refractivity contribution in [2.75, 3.05) is 12.4 Å². The number of fused-ring (bicyclic) bond motifs is 1. The van der Waals surface area contributed by atoms with Crippen molar-refractivity contribution >= 4 is 11.5 Å². The molecule has 0 spiro atoms. The van der Waals surface area contributed by atoms with Gasteiger partial charge in [-0.2, -0.15) is 17.6 Å². The van der Waals surface area contributed by atoms with Crippen molar-refractivity contribution < 1.29 is 31.8 Å². The van der Waals surface area contributed by atoms with Gasteiger partial charge in [0.1, 0.15) is 11.6 Å². The molecule has 150 valence electrons. The summed E-state index contributed by atoms with van der Waals surface area (Å²) in [4.78, 5) is 8.50. The number of hydrogen-bond donors (Lipinski definition) is 1. The second-order valence-electron chi connectivity index (χ2n) is 6.04. The van der Waals surface area contributed by atoms with Gasteiger partial charge in [-0.05, 0) is 36.4 Å². The zero-order valence-corrected chi connectivity index (χ0v) is 14.8. The summed E-state index contributed by atoms with van der Waals surface area (Å²) < 4.78 is 66.5. The molecule has 0 fully saturated rings. The van der Waals surface area contributed by atoms with Crippen LogP contribution in [0, 0.1) is 0 Å². The molecule has 0 atom stereocenters. The quantitative estimate of drug-likeness (QED) is 0.624. The third kappa shape index (κ3) is 3.60. The van der Waals surface area contributed by atoms with Gasteiger partial charge in [-0.15, -0.1) is 0 Å². The maximum Gasteiger partial charge on any atom is 0.507 e. The van der Waals surface area contributed by atoms with Crippen LogP contribution in [0.15, 0.2) is 54.9 Å². The van der Waals surface area contributed by atoms with E-state index in [0.29, 0.717) is 17.3 Å². The van der Waals surface area contributed by atoms with E-state index in [1.165, 1.54) is 12.3 Å². The predicted octanol–water partition coefficient (Wildman–Crippen LogP) is 4.85. The highest BCUT2D eigenvalue weighted by Gasteiger charge is 2.65. The summed E-state index contributed by atoms with van der Waals surface area (Å²) in [6.45, 7) is 0. The Morgan fingerprint density at radius 3 is 2.28 bits per heavy atom. The fraction of sp³-hybridized carbons (Fsp3) is 0.158. The van der Waals surface area contributed by atoms with Crippen LogP contribution in [0.5, 0.6) is 17.2 Å². The second-order valence-corrected chi connectivity index (χ2v) is 6.04. The lowest BCUT2D eigenvalue weighted by Crippen LogP contribution is -2.52. The molecule has 0 bridgehead atoms. The monoisotopic (exact) mass is 407 g/mol. The molecule has 0 radical (unpaired) electrons. The minimum absolute atomic E-state index is 0.273. The van der Waals surface area contributed by atoms with Gasteiger partial charge in [0.05, 0.1) is 25.2 Å². The van der Waals surface area contributed by atoms with Crippen LogP contribution in [0.4, 0.5) is 29.1 Å². The summed E-state index contributed by atoms with van der Waals surface area (Å²) in [7, 11) is 1.56. The van der Waals surface area contributed by atoms with Gasteiger partial charge in [-0.25, -0.2) is 4.98 Å². The van der Waals surface area contributed by atoms with E-state index in [1.807, 2.05) is 0 Å². The highest BCUT2D eigenvalue weighted by molar-refractivity contribution is 5.65. The largest absolute Gasteiger partial charge is 0.507 e. The van der Waals surface area contributed by atoms with E-state index in [2.05, 4.69) is 24.8 Å². The molecule has 1 aliphatic heterocycles. The van der Waals surface area contributed by atoms with Gasteiger partial charge in [-0.1, -0.05) is 0 Å². The van der Waals surface area contributed by atoms with E-state index in [0.717, 1.165) is 17.7 Å². The van der Waals surface area contributed by atoms with Crippen molar-refractivity contribution in [2.45, 2.75) is 12.2 Å². The summed E-state index contributed by atoms with van der Waals surface area (Å²) >= 11 is 0. The lowest BCUT2D eigenvalue weighted by atomic mass is 10.1. The molecule has 1 aliphatic rings. The maximum absolute atomic E-state index is 13.4. The van der Waals surface area contributed by atoms with Gasteiger partial charge in [-0.3, -0.25) is 4.98 Å². The number of methoxy groups -OCH3 is 1. The van der Waals surface area contributed by atoms with Crippen molar-refractivity contribution in [2.24, 2.45) is 0 Å². The summed E-state index contributed by atoms with van der Waals surface area (Å²) in [5.41, 5.74) is 1.61. The number of benzene rings is 2. The molecule has 1 N–H and O–H groups in total. The Kier molecular flexibility index (Phi) is 4.40. The molecule has 0 amide bonds. The molecule has 2 aromatic carbocycles. The fourth-order valence-electron chi connectivity index (χ4n) is 2.62. The van der Waals surface area contributed by atoms with Crippen LogP contribution in [-0.2, 0) is 0 Å². The van der Waals surface area contributed by atoms with Crippen LogP contribution in [0.25, 0.3) is 11.3 Å². The van der Waals surface area contributed by atoms with Gasteiger partial charge in [0.25, 0.3) is 0 Å². The van der Waals surface area contributed by atoms with Gasteiger partial charge >= 0.3 is 12.2 Å². The summed E-state index contributed by atoms with van der Waals surface area (Å²) in [5, 5.41) is 2.87. The third-order valence-electron chi connectivity index (χ3n) is 4.05. The first-order valence-corrected chi connectivity index (χ1v) is 8.29. The molecule has 0 saturated carbocycles. The smallest absolute Gasteiger partial charge is 0.497 e. The molecule has 0 unspecified atom stereocenters. The molecular formula is C19H13F4N3O3. The molecule has 3 aromatic rings. The molecule has 0 saturated heterocycles. The average Bonchev–Trinajstić information content (AvgIpc) is 2.69. The van der Waals surface area contributed by atoms with E-state index in [9.17, 15) is 17.6 Å². The molecule has 1 aromatic heterocycles. The number of nitrogens with one attached hydrogen (secondary N) is 1. The summed E-state index contributed by atoms with van der Waals surface area (Å²) in [5.74, 6) is -0.0172. The van der Waals surface area contributed by atoms with E-state index < -0.39 is 23.7 Å². The topological polar surface area (TPSA) is 65.5 Å². The summed E-state index contributed by atoms with van der Waals surface area (Å²) in [6.07, 6.45) is -6.56. The first-order chi connectivity index (χ1) is 13.8. The molecule has 10 heteroatoms. The van der Waals surface area contributed by atoms with Gasteiger partial charge in [0.2, 0.25) is 0 Å². The SMILES string of the molecule is COc1ccc(-c2cncc(Nc3ccc4c(c3)OC(F)(F)C(F)(F)O4)n2)cc1. The second kappa shape index (κ2) is 6.80. The van der Waals surface area contributed by atoms with Crippen LogP contribution >= 0.6 is 0 Å². The van der Waals surface area contributed by atoms with Crippen molar-refractivity contribution in [1.29, 1.82) is 0 Å². The van der Waals surface area contributed by atoms with Crippen molar-refractivity contribution in [3.63, 3.8) is 0 Å². The fourth-order valence-corrected chi connectivity index (χ4v) is 2.62. The standard InChI is InChI=1S/C19H13F4N3O3/c1-27-13-5-2-11(3-6-13)14-9-24-10-17(26-14)25-12-4-7-15-16(8-12)29-19(22,23)18(20,21)28-15/h2-10H,1H3,(H,25,26). The number of alkyl halides is 4. The maximum atomic E-state index is 13.4. The molecule has 0 aliphatic carbocycles. The number of hydrogen-bond acceptors (Lipinski definition) is 6. The Balaban J connectivity index is 1.57. The summed E-state index contributed by atoms with van der Waals surface area (Å²) in [6, 6.07) is 10.7. The molecule has 29 heavy (non-hydrogen) atoms. The highest BCUT2D eigenvalue weighted by Crippen LogP contribution is 2.47. The first-order valence-electron chi connectivity index (χ1n) is 8.29. The molecule has 6 nitrogen and oxygen atoms in total. The Morgan fingerprint density at radius 2 is 1.59 bits per heavy atom. The van der Waals surface area contributed by atoms with Gasteiger partial charge < -0.3 is 19.5 Å². The zero-order valence-electron chi connectivity index (χ0n) is 14.8. The number of rotatable bonds is 4. The van der Waals surface area contributed by atoms with E-state index in [-0.39, 0.29) is 5.69 Å². The Bertz CT molecular complexity index is 1050. The zero-order chi connectivity index (χ0) is 20.6. The number of anilines is 2. The normalized spacial score (nSPS) is 16.2. The lowest BCUT2D eigenvalue weighted by Gasteiger charge is -2.31. The third-order valence-corrected chi connectivity index (χ3v) is 4.05. The Morgan fingerprint density at radius 1 is 0.897 bits per heavy atom. The Hall–Kier alpha value is -3.56. The van der Waals surface area contributed by atoms with Crippen molar-refractivity contribution in [3.8, 4) is 28.5 Å². The minimum Gasteiger partial charge on any atom is -0.497 e. The van der Waals surface area contributed by atoms with E-state index >= 15 is 0 Å². The van der Waals surface area contributed by atoms with Gasteiger partial charge in [0.15, 0.2) is 11.5 Å². The predicted molar refractivity (Wildman–Crippen MR) is 94.9 cm³/mol. The average molecular weight is 407 g/mol. The Labute approximate surface area is 162 Å². The highest BCUT2D eigenvalue weighted by atomic mass is 19.3. The molecular weight excluding hydrogens is 394 g/mol. The first kappa shape index (κ1) is 18.8. The molecule has 4 rings (SSSR count).